The van der Waals surface area contributed by atoms with Crippen molar-refractivity contribution in [2.24, 2.45) is 0 Å². The van der Waals surface area contributed by atoms with Gasteiger partial charge in [-0.25, -0.2) is 13.6 Å². The zero-order valence-corrected chi connectivity index (χ0v) is 33.9. The monoisotopic (exact) mass is 799 g/mol. The van der Waals surface area contributed by atoms with Gasteiger partial charge in [-0.1, -0.05) is 0 Å². The van der Waals surface area contributed by atoms with Gasteiger partial charge in [-0.05, 0) is 96.2 Å². The molecule has 2 N–H and O–H groups in total. The van der Waals surface area contributed by atoms with Crippen LogP contribution in [0.1, 0.15) is 113 Å². The highest BCUT2D eigenvalue weighted by molar-refractivity contribution is 6.04. The van der Waals surface area contributed by atoms with Gasteiger partial charge in [-0.15, -0.1) is 0 Å². The van der Waals surface area contributed by atoms with E-state index in [1.54, 1.807) is 35.5 Å². The molecule has 1 aliphatic carbocycles. The first-order valence-electron chi connectivity index (χ1n) is 19.8. The van der Waals surface area contributed by atoms with E-state index in [9.17, 15) is 19.2 Å². The molecule has 3 aromatic heterocycles. The Balaban J connectivity index is 0.934. The first-order valence-corrected chi connectivity index (χ1v) is 19.8. The third-order valence-electron chi connectivity index (χ3n) is 11.5. The maximum absolute atomic E-state index is 15.2. The molecule has 308 valence electrons. The highest BCUT2D eigenvalue weighted by Gasteiger charge is 2.49. The second-order valence-electron chi connectivity index (χ2n) is 16.6. The third-order valence-corrected chi connectivity index (χ3v) is 11.5. The normalized spacial score (nSPS) is 16.7. The Morgan fingerprint density at radius 2 is 1.66 bits per heavy atom. The molecule has 0 radical (unpaired) electrons. The molecule has 2 aliphatic heterocycles. The van der Waals surface area contributed by atoms with Gasteiger partial charge < -0.3 is 29.7 Å². The number of amides is 4. The van der Waals surface area contributed by atoms with Crippen molar-refractivity contribution in [1.82, 2.24) is 39.3 Å². The van der Waals surface area contributed by atoms with Gasteiger partial charge in [-0.3, -0.25) is 28.9 Å². The number of piperidine rings is 1. The van der Waals surface area contributed by atoms with Crippen LogP contribution >= 0.6 is 0 Å². The summed E-state index contributed by atoms with van der Waals surface area (Å²) < 4.78 is 39.8. The van der Waals surface area contributed by atoms with Gasteiger partial charge in [0.2, 0.25) is 0 Å². The van der Waals surface area contributed by atoms with Crippen molar-refractivity contribution in [3.8, 4) is 0 Å². The van der Waals surface area contributed by atoms with Crippen LogP contribution in [-0.4, -0.2) is 97.2 Å². The van der Waals surface area contributed by atoms with Crippen LogP contribution in [0.25, 0.3) is 0 Å². The minimum atomic E-state index is -0.751. The summed E-state index contributed by atoms with van der Waals surface area (Å²) in [6, 6.07) is 9.44. The number of hydrogen-bond donors (Lipinski definition) is 2. The lowest BCUT2D eigenvalue weighted by Crippen LogP contribution is -2.56. The Labute approximate surface area is 336 Å². The minimum absolute atomic E-state index is 0.0365. The van der Waals surface area contributed by atoms with Crippen LogP contribution in [0.15, 0.2) is 48.8 Å². The number of benzene rings is 1. The Hall–Kier alpha value is -5.64. The standard InChI is InChI=1S/C42H51F2N9O5/c1-26-31(24-47-53(26)30-12-16-50(17-13-30)40(57)58-41(2,3)4)37(54)48-29-9-8-28(45-23-29)22-46-38(55)35-10-11-36-42(14-7-15-42)51(18-19-52(35)36)25-32-33(43)20-27(21-34(32)44)39(56)49(5)6/h8-11,20-21,23-24,30H,7,12-19,22,25H2,1-6H3,(H,46,55)(H,48,54). The van der Waals surface area contributed by atoms with Crippen molar-refractivity contribution < 1.29 is 32.7 Å². The maximum atomic E-state index is 15.2. The Bertz CT molecular complexity index is 2190. The molecule has 16 heteroatoms. The summed E-state index contributed by atoms with van der Waals surface area (Å²) in [6.07, 6.45) is 6.71. The van der Waals surface area contributed by atoms with Crippen LogP contribution in [0.5, 0.6) is 0 Å². The van der Waals surface area contributed by atoms with E-state index in [1.165, 1.54) is 19.0 Å². The lowest BCUT2D eigenvalue weighted by atomic mass is 9.71. The molecule has 4 aromatic rings. The highest BCUT2D eigenvalue weighted by Crippen LogP contribution is 2.49. The molecule has 1 saturated heterocycles. The molecule has 3 aliphatic rings. The van der Waals surface area contributed by atoms with Gasteiger partial charge in [0.25, 0.3) is 17.7 Å². The average molecular weight is 800 g/mol. The van der Waals surface area contributed by atoms with Gasteiger partial charge in [0.1, 0.15) is 22.9 Å². The summed E-state index contributed by atoms with van der Waals surface area (Å²) in [6.45, 7) is 9.63. The molecule has 4 amide bonds. The van der Waals surface area contributed by atoms with Gasteiger partial charge >= 0.3 is 6.09 Å². The van der Waals surface area contributed by atoms with Crippen molar-refractivity contribution in [2.75, 3.05) is 39.0 Å². The number of halogens is 2. The van der Waals surface area contributed by atoms with E-state index >= 15 is 8.78 Å². The molecule has 0 unspecified atom stereocenters. The predicted molar refractivity (Wildman–Crippen MR) is 211 cm³/mol. The van der Waals surface area contributed by atoms with Crippen molar-refractivity contribution in [3.05, 3.63) is 99.9 Å². The number of anilines is 1. The van der Waals surface area contributed by atoms with E-state index in [-0.39, 0.29) is 48.2 Å². The summed E-state index contributed by atoms with van der Waals surface area (Å²) in [5, 5.41) is 10.4. The summed E-state index contributed by atoms with van der Waals surface area (Å²) in [4.78, 5) is 61.1. The summed E-state index contributed by atoms with van der Waals surface area (Å²) in [7, 11) is 3.06. The highest BCUT2D eigenvalue weighted by atomic mass is 19.1. The van der Waals surface area contributed by atoms with E-state index in [1.807, 2.05) is 43.0 Å². The first-order chi connectivity index (χ1) is 27.5. The fraction of sp³-hybridized carbons (Fsp3) is 0.476. The Morgan fingerprint density at radius 1 is 0.948 bits per heavy atom. The number of rotatable bonds is 9. The molecule has 0 bridgehead atoms. The number of carbonyl (C=O) groups is 4. The Kier molecular flexibility index (Phi) is 11.2. The topological polar surface area (TPSA) is 147 Å². The largest absolute Gasteiger partial charge is 0.444 e. The molecular formula is C42H51F2N9O5. The molecular weight excluding hydrogens is 749 g/mol. The number of pyridine rings is 1. The fourth-order valence-electron chi connectivity index (χ4n) is 8.25. The smallest absolute Gasteiger partial charge is 0.410 e. The number of likely N-dealkylation sites (tertiary alicyclic amines) is 1. The molecule has 5 heterocycles. The minimum Gasteiger partial charge on any atom is -0.444 e. The fourth-order valence-corrected chi connectivity index (χ4v) is 8.25. The van der Waals surface area contributed by atoms with Crippen molar-refractivity contribution in [1.29, 1.82) is 0 Å². The third kappa shape index (κ3) is 8.06. The molecule has 58 heavy (non-hydrogen) atoms. The SMILES string of the molecule is Cc1c(C(=O)Nc2ccc(CNC(=O)c3ccc4n3CCN(Cc3c(F)cc(C(=O)N(C)C)cc3F)C43CCC3)nc2)cnn1C1CCN(C(=O)OC(C)(C)C)CC1. The second kappa shape index (κ2) is 16.0. The summed E-state index contributed by atoms with van der Waals surface area (Å²) in [5.41, 5.74) is 2.59. The van der Waals surface area contributed by atoms with Gasteiger partial charge in [0, 0.05) is 69.3 Å². The van der Waals surface area contributed by atoms with Gasteiger partial charge in [0.15, 0.2) is 0 Å². The van der Waals surface area contributed by atoms with Crippen molar-refractivity contribution in [3.63, 3.8) is 0 Å². The number of aromatic nitrogens is 4. The van der Waals surface area contributed by atoms with E-state index < -0.39 is 28.7 Å². The molecule has 1 aromatic carbocycles. The van der Waals surface area contributed by atoms with E-state index in [2.05, 4.69) is 25.6 Å². The van der Waals surface area contributed by atoms with E-state index in [4.69, 9.17) is 4.74 Å². The van der Waals surface area contributed by atoms with E-state index in [0.29, 0.717) is 61.7 Å². The second-order valence-corrected chi connectivity index (χ2v) is 16.6. The van der Waals surface area contributed by atoms with Crippen LogP contribution in [0.4, 0.5) is 19.3 Å². The number of hydrogen-bond acceptors (Lipinski definition) is 8. The number of carbonyl (C=O) groups excluding carboxylic acids is 4. The number of nitrogens with zero attached hydrogens (tertiary/aromatic N) is 7. The lowest BCUT2D eigenvalue weighted by Gasteiger charge is -2.53. The zero-order valence-electron chi connectivity index (χ0n) is 33.9. The zero-order chi connectivity index (χ0) is 41.5. The number of nitrogens with one attached hydrogen (secondary N) is 2. The Morgan fingerprint density at radius 3 is 2.26 bits per heavy atom. The van der Waals surface area contributed by atoms with Crippen LogP contribution < -0.4 is 10.6 Å². The molecule has 1 spiro atoms. The molecule has 2 fully saturated rings. The van der Waals surface area contributed by atoms with Crippen LogP contribution in [0.2, 0.25) is 0 Å². The molecule has 7 rings (SSSR count). The molecule has 0 atom stereocenters. The summed E-state index contributed by atoms with van der Waals surface area (Å²) in [5.74, 6) is -2.56. The van der Waals surface area contributed by atoms with Crippen LogP contribution in [0.3, 0.4) is 0 Å². The predicted octanol–water partition coefficient (Wildman–Crippen LogP) is 6.02. The molecule has 14 nitrogen and oxygen atoms in total. The van der Waals surface area contributed by atoms with E-state index in [0.717, 1.165) is 42.8 Å². The van der Waals surface area contributed by atoms with Gasteiger partial charge in [-0.2, -0.15) is 5.10 Å². The lowest BCUT2D eigenvalue weighted by molar-refractivity contribution is -0.0229. The van der Waals surface area contributed by atoms with Gasteiger partial charge in [0.05, 0.1) is 47.5 Å². The van der Waals surface area contributed by atoms with Crippen molar-refractivity contribution in [2.45, 2.75) is 96.6 Å². The van der Waals surface area contributed by atoms with Crippen molar-refractivity contribution >= 4 is 29.5 Å². The number of fused-ring (bicyclic) bond motifs is 2. The number of ether oxygens (including phenoxy) is 1. The first kappa shape index (κ1) is 40.6. The molecule has 1 saturated carbocycles. The maximum Gasteiger partial charge on any atom is 0.410 e. The van der Waals surface area contributed by atoms with Crippen LogP contribution in [-0.2, 0) is 29.9 Å². The van der Waals surface area contributed by atoms with Crippen LogP contribution in [0, 0.1) is 18.6 Å². The summed E-state index contributed by atoms with van der Waals surface area (Å²) >= 11 is 0. The quantitative estimate of drug-likeness (QED) is 0.209. The average Bonchev–Trinajstić information content (AvgIpc) is 3.78.